The summed E-state index contributed by atoms with van der Waals surface area (Å²) in [5.74, 6) is 0.322. The Bertz CT molecular complexity index is 261. The quantitative estimate of drug-likeness (QED) is 0.825. The smallest absolute Gasteiger partial charge is 0.223 e. The minimum atomic E-state index is 0.115. The zero-order chi connectivity index (χ0) is 13.8. The molecular formula is C14H28N2O2. The molecule has 1 heterocycles. The van der Waals surface area contributed by atoms with E-state index in [-0.39, 0.29) is 24.0 Å². The average Bonchev–Trinajstić information content (AvgIpc) is 2.34. The first-order chi connectivity index (χ1) is 8.38. The molecule has 0 radical (unpaired) electrons. The molecule has 4 heteroatoms. The fourth-order valence-electron chi connectivity index (χ4n) is 2.34. The lowest BCUT2D eigenvalue weighted by Gasteiger charge is -2.42. The highest BCUT2D eigenvalue weighted by molar-refractivity contribution is 5.76. The Kier molecular flexibility index (Phi) is 5.60. The lowest BCUT2D eigenvalue weighted by Crippen LogP contribution is -2.54. The van der Waals surface area contributed by atoms with E-state index in [1.54, 1.807) is 0 Å². The first-order valence-electron chi connectivity index (χ1n) is 7.02. The van der Waals surface area contributed by atoms with Crippen molar-refractivity contribution >= 4 is 5.91 Å². The van der Waals surface area contributed by atoms with Gasteiger partial charge in [-0.05, 0) is 26.7 Å². The largest absolute Gasteiger partial charge is 0.396 e. The molecule has 18 heavy (non-hydrogen) atoms. The van der Waals surface area contributed by atoms with Crippen LogP contribution in [0.25, 0.3) is 0 Å². The van der Waals surface area contributed by atoms with E-state index in [2.05, 4.69) is 25.7 Å². The van der Waals surface area contributed by atoms with Gasteiger partial charge in [-0.25, -0.2) is 0 Å². The molecule has 1 saturated heterocycles. The van der Waals surface area contributed by atoms with E-state index < -0.39 is 0 Å². The molecule has 1 fully saturated rings. The highest BCUT2D eigenvalue weighted by atomic mass is 16.3. The van der Waals surface area contributed by atoms with Crippen LogP contribution in [-0.2, 0) is 4.79 Å². The summed E-state index contributed by atoms with van der Waals surface area (Å²) in [6.07, 6.45) is 1.35. The van der Waals surface area contributed by atoms with Gasteiger partial charge in [-0.3, -0.25) is 9.69 Å². The van der Waals surface area contributed by atoms with E-state index in [1.165, 1.54) is 0 Å². The van der Waals surface area contributed by atoms with Crippen LogP contribution in [0.5, 0.6) is 0 Å². The molecule has 0 bridgehead atoms. The lowest BCUT2D eigenvalue weighted by atomic mass is 10.0. The second kappa shape index (κ2) is 6.53. The van der Waals surface area contributed by atoms with Crippen LogP contribution < -0.4 is 0 Å². The van der Waals surface area contributed by atoms with Gasteiger partial charge in [0.1, 0.15) is 0 Å². The van der Waals surface area contributed by atoms with E-state index in [9.17, 15) is 4.79 Å². The standard InChI is InChI=1S/C14H28N2O2/c1-5-12(11-17)10-13(18)15-6-8-16(9-7-15)14(2,3)4/h12,17H,5-11H2,1-4H3. The van der Waals surface area contributed by atoms with Crippen LogP contribution in [0.15, 0.2) is 0 Å². The predicted octanol–water partition coefficient (Wildman–Crippen LogP) is 1.34. The van der Waals surface area contributed by atoms with Gasteiger partial charge in [0.2, 0.25) is 5.91 Å². The minimum Gasteiger partial charge on any atom is -0.396 e. The number of hydrogen-bond donors (Lipinski definition) is 1. The van der Waals surface area contributed by atoms with Crippen molar-refractivity contribution in [3.63, 3.8) is 0 Å². The number of aliphatic hydroxyl groups is 1. The molecule has 1 rings (SSSR count). The van der Waals surface area contributed by atoms with Crippen LogP contribution in [-0.4, -0.2) is 59.1 Å². The third-order valence-electron chi connectivity index (χ3n) is 3.88. The summed E-state index contributed by atoms with van der Waals surface area (Å²) in [4.78, 5) is 16.4. The molecule has 0 spiro atoms. The van der Waals surface area contributed by atoms with Gasteiger partial charge in [-0.15, -0.1) is 0 Å². The van der Waals surface area contributed by atoms with Gasteiger partial charge in [0.05, 0.1) is 0 Å². The van der Waals surface area contributed by atoms with Crippen LogP contribution in [0.4, 0.5) is 0 Å². The normalized spacial score (nSPS) is 19.9. The molecule has 1 amide bonds. The summed E-state index contributed by atoms with van der Waals surface area (Å²) in [5, 5.41) is 9.14. The Morgan fingerprint density at radius 2 is 1.78 bits per heavy atom. The molecule has 1 aliphatic heterocycles. The third kappa shape index (κ3) is 4.25. The molecule has 0 aromatic carbocycles. The zero-order valence-corrected chi connectivity index (χ0v) is 12.3. The SMILES string of the molecule is CCC(CO)CC(=O)N1CCN(C(C)(C)C)CC1. The molecule has 1 aliphatic rings. The van der Waals surface area contributed by atoms with Crippen molar-refractivity contribution in [1.29, 1.82) is 0 Å². The first-order valence-corrected chi connectivity index (χ1v) is 7.02. The molecule has 1 N–H and O–H groups in total. The molecule has 0 saturated carbocycles. The van der Waals surface area contributed by atoms with Crippen LogP contribution in [0, 0.1) is 5.92 Å². The van der Waals surface area contributed by atoms with Crippen molar-refractivity contribution in [2.24, 2.45) is 5.92 Å². The van der Waals surface area contributed by atoms with Gasteiger partial charge in [0.15, 0.2) is 0 Å². The predicted molar refractivity (Wildman–Crippen MR) is 73.4 cm³/mol. The van der Waals surface area contributed by atoms with Gasteiger partial charge in [-0.1, -0.05) is 13.3 Å². The van der Waals surface area contributed by atoms with Crippen molar-refractivity contribution in [3.8, 4) is 0 Å². The molecule has 4 nitrogen and oxygen atoms in total. The summed E-state index contributed by atoms with van der Waals surface area (Å²) in [6.45, 7) is 12.3. The Hall–Kier alpha value is -0.610. The number of nitrogens with zero attached hydrogens (tertiary/aromatic N) is 2. The third-order valence-corrected chi connectivity index (χ3v) is 3.88. The van der Waals surface area contributed by atoms with Crippen molar-refractivity contribution in [1.82, 2.24) is 9.80 Å². The maximum Gasteiger partial charge on any atom is 0.223 e. The summed E-state index contributed by atoms with van der Waals surface area (Å²) in [7, 11) is 0. The van der Waals surface area contributed by atoms with E-state index >= 15 is 0 Å². The van der Waals surface area contributed by atoms with E-state index in [0.717, 1.165) is 32.6 Å². The number of piperazine rings is 1. The highest BCUT2D eigenvalue weighted by Gasteiger charge is 2.28. The van der Waals surface area contributed by atoms with Crippen molar-refractivity contribution in [2.45, 2.75) is 46.1 Å². The monoisotopic (exact) mass is 256 g/mol. The number of hydrogen-bond acceptors (Lipinski definition) is 3. The van der Waals surface area contributed by atoms with Gasteiger partial charge in [0, 0.05) is 44.7 Å². The van der Waals surface area contributed by atoms with Gasteiger partial charge in [-0.2, -0.15) is 0 Å². The number of carbonyl (C=O) groups excluding carboxylic acids is 1. The van der Waals surface area contributed by atoms with Gasteiger partial charge >= 0.3 is 0 Å². The van der Waals surface area contributed by atoms with E-state index in [1.807, 2.05) is 11.8 Å². The Labute approximate surface area is 111 Å². The maximum atomic E-state index is 12.1. The van der Waals surface area contributed by atoms with Crippen molar-refractivity contribution < 1.29 is 9.90 Å². The second-order valence-corrected chi connectivity index (χ2v) is 6.20. The number of carbonyl (C=O) groups is 1. The summed E-state index contributed by atoms with van der Waals surface area (Å²) in [5.41, 5.74) is 0.187. The Morgan fingerprint density at radius 1 is 1.22 bits per heavy atom. The van der Waals surface area contributed by atoms with Crippen molar-refractivity contribution in [3.05, 3.63) is 0 Å². The molecule has 0 aliphatic carbocycles. The van der Waals surface area contributed by atoms with E-state index in [0.29, 0.717) is 6.42 Å². The van der Waals surface area contributed by atoms with Crippen LogP contribution >= 0.6 is 0 Å². The highest BCUT2D eigenvalue weighted by Crippen LogP contribution is 2.17. The Balaban J connectivity index is 2.41. The summed E-state index contributed by atoms with van der Waals surface area (Å²) in [6, 6.07) is 0. The first kappa shape index (κ1) is 15.4. The van der Waals surface area contributed by atoms with Crippen molar-refractivity contribution in [2.75, 3.05) is 32.8 Å². The second-order valence-electron chi connectivity index (χ2n) is 6.20. The van der Waals surface area contributed by atoms with E-state index in [4.69, 9.17) is 5.11 Å². The molecule has 0 aromatic rings. The lowest BCUT2D eigenvalue weighted by molar-refractivity contribution is -0.135. The minimum absolute atomic E-state index is 0.115. The zero-order valence-electron chi connectivity index (χ0n) is 12.3. The summed E-state index contributed by atoms with van der Waals surface area (Å²) >= 11 is 0. The van der Waals surface area contributed by atoms with Crippen LogP contribution in [0.2, 0.25) is 0 Å². The number of aliphatic hydroxyl groups excluding tert-OH is 1. The molecule has 1 unspecified atom stereocenters. The fourth-order valence-corrected chi connectivity index (χ4v) is 2.34. The molecule has 1 atom stereocenters. The van der Waals surface area contributed by atoms with Gasteiger partial charge < -0.3 is 10.0 Å². The van der Waals surface area contributed by atoms with Crippen LogP contribution in [0.3, 0.4) is 0 Å². The fraction of sp³-hybridized carbons (Fsp3) is 0.929. The summed E-state index contributed by atoms with van der Waals surface area (Å²) < 4.78 is 0. The molecule has 106 valence electrons. The molecule has 0 aromatic heterocycles. The number of amides is 1. The average molecular weight is 256 g/mol. The molecular weight excluding hydrogens is 228 g/mol. The topological polar surface area (TPSA) is 43.8 Å². The number of rotatable bonds is 4. The van der Waals surface area contributed by atoms with Gasteiger partial charge in [0.25, 0.3) is 0 Å². The Morgan fingerprint density at radius 3 is 2.17 bits per heavy atom. The van der Waals surface area contributed by atoms with Crippen LogP contribution in [0.1, 0.15) is 40.5 Å². The maximum absolute atomic E-state index is 12.1.